The molecule has 3 N–H and O–H groups in total. The molecule has 0 aliphatic heterocycles. The van der Waals surface area contributed by atoms with E-state index >= 15 is 0 Å². The molecule has 0 spiro atoms. The number of nitrogens with zero attached hydrogens (tertiary/aromatic N) is 2. The van der Waals surface area contributed by atoms with Gasteiger partial charge < -0.3 is 11.1 Å². The zero-order valence-electron chi connectivity index (χ0n) is 8.56. The number of rotatable bonds is 3. The third-order valence-corrected chi connectivity index (χ3v) is 3.79. The lowest BCUT2D eigenvalue weighted by Crippen LogP contribution is -2.28. The summed E-state index contributed by atoms with van der Waals surface area (Å²) in [6.07, 6.45) is 0. The van der Waals surface area contributed by atoms with Crippen molar-refractivity contribution in [1.29, 1.82) is 0 Å². The van der Waals surface area contributed by atoms with Crippen molar-refractivity contribution in [2.75, 3.05) is 0 Å². The molecule has 7 heteroatoms. The molecule has 0 unspecified atom stereocenters. The summed E-state index contributed by atoms with van der Waals surface area (Å²) in [4.78, 5) is 19.2. The fourth-order valence-corrected chi connectivity index (χ4v) is 2.78. The highest BCUT2D eigenvalue weighted by Gasteiger charge is 2.08. The molecule has 0 fully saturated rings. The van der Waals surface area contributed by atoms with Gasteiger partial charge in [-0.25, -0.2) is 14.8 Å². The number of primary amides is 1. The third-order valence-electron chi connectivity index (χ3n) is 1.80. The normalized spacial score (nSPS) is 10.3. The van der Waals surface area contributed by atoms with Gasteiger partial charge in [-0.1, -0.05) is 0 Å². The molecule has 84 valence electrons. The summed E-state index contributed by atoms with van der Waals surface area (Å²) in [6, 6.07) is -0.542. The molecule has 2 aromatic heterocycles. The fourth-order valence-electron chi connectivity index (χ4n) is 1.12. The number of thiazole rings is 2. The van der Waals surface area contributed by atoms with Crippen molar-refractivity contribution in [2.45, 2.75) is 13.5 Å². The van der Waals surface area contributed by atoms with Crippen LogP contribution >= 0.6 is 22.7 Å². The minimum Gasteiger partial charge on any atom is -0.352 e. The van der Waals surface area contributed by atoms with Gasteiger partial charge in [-0.3, -0.25) is 0 Å². The van der Waals surface area contributed by atoms with E-state index in [1.165, 1.54) is 11.3 Å². The van der Waals surface area contributed by atoms with Gasteiger partial charge in [-0.15, -0.1) is 22.7 Å². The molecule has 0 bridgehead atoms. The molecule has 0 saturated heterocycles. The van der Waals surface area contributed by atoms with Crippen molar-refractivity contribution in [3.8, 4) is 10.0 Å². The molecule has 0 atom stereocenters. The van der Waals surface area contributed by atoms with Crippen LogP contribution in [0.15, 0.2) is 10.8 Å². The number of urea groups is 1. The molecule has 0 aliphatic rings. The van der Waals surface area contributed by atoms with Gasteiger partial charge in [-0.05, 0) is 6.92 Å². The summed E-state index contributed by atoms with van der Waals surface area (Å²) >= 11 is 3.08. The number of amides is 2. The molecule has 2 heterocycles. The van der Waals surface area contributed by atoms with Crippen LogP contribution in [-0.4, -0.2) is 16.0 Å². The average molecular weight is 254 g/mol. The highest BCUT2D eigenvalue weighted by Crippen LogP contribution is 2.26. The van der Waals surface area contributed by atoms with Crippen LogP contribution in [0.1, 0.15) is 11.4 Å². The van der Waals surface area contributed by atoms with Crippen molar-refractivity contribution in [1.82, 2.24) is 15.3 Å². The molecule has 2 aromatic rings. The topological polar surface area (TPSA) is 80.9 Å². The van der Waals surface area contributed by atoms with E-state index in [9.17, 15) is 4.79 Å². The van der Waals surface area contributed by atoms with E-state index in [4.69, 9.17) is 5.73 Å². The number of aryl methyl sites for hydroxylation is 1. The number of carbonyl (C=O) groups is 1. The first kappa shape index (κ1) is 11.0. The Kier molecular flexibility index (Phi) is 3.16. The predicted molar refractivity (Wildman–Crippen MR) is 64.4 cm³/mol. The van der Waals surface area contributed by atoms with Gasteiger partial charge in [0, 0.05) is 16.5 Å². The molecule has 5 nitrogen and oxygen atoms in total. The summed E-state index contributed by atoms with van der Waals surface area (Å²) in [6.45, 7) is 2.30. The molecular weight excluding hydrogens is 244 g/mol. The number of hydrogen-bond donors (Lipinski definition) is 2. The molecule has 2 rings (SSSR count). The lowest BCUT2D eigenvalue weighted by molar-refractivity contribution is 0.248. The Bertz CT molecular complexity index is 505. The zero-order valence-corrected chi connectivity index (χ0v) is 10.2. The van der Waals surface area contributed by atoms with Gasteiger partial charge in [-0.2, -0.15) is 0 Å². The second kappa shape index (κ2) is 4.58. The average Bonchev–Trinajstić information content (AvgIpc) is 2.83. The molecule has 2 amide bonds. The summed E-state index contributed by atoms with van der Waals surface area (Å²) in [5.74, 6) is 0. The number of aromatic nitrogens is 2. The number of nitrogens with one attached hydrogen (secondary N) is 1. The Labute approximate surface area is 100 Å². The first-order chi connectivity index (χ1) is 7.65. The van der Waals surface area contributed by atoms with E-state index < -0.39 is 6.03 Å². The van der Waals surface area contributed by atoms with E-state index in [0.29, 0.717) is 6.54 Å². The Morgan fingerprint density at radius 1 is 1.38 bits per heavy atom. The Hall–Kier alpha value is -1.47. The lowest BCUT2D eigenvalue weighted by atomic mass is 10.5. The smallest absolute Gasteiger partial charge is 0.312 e. The van der Waals surface area contributed by atoms with Crippen LogP contribution < -0.4 is 11.1 Å². The summed E-state index contributed by atoms with van der Waals surface area (Å²) in [5, 5.41) is 8.16. The van der Waals surface area contributed by atoms with Gasteiger partial charge in [0.15, 0.2) is 10.0 Å². The van der Waals surface area contributed by atoms with Crippen LogP contribution in [0.3, 0.4) is 0 Å². The fraction of sp³-hybridized carbons (Fsp3) is 0.222. The maximum absolute atomic E-state index is 10.5. The van der Waals surface area contributed by atoms with Gasteiger partial charge in [0.25, 0.3) is 0 Å². The van der Waals surface area contributed by atoms with E-state index in [-0.39, 0.29) is 0 Å². The van der Waals surface area contributed by atoms with E-state index in [0.717, 1.165) is 21.4 Å². The van der Waals surface area contributed by atoms with E-state index in [1.807, 2.05) is 17.7 Å². The van der Waals surface area contributed by atoms with E-state index in [1.54, 1.807) is 11.3 Å². The minimum atomic E-state index is -0.542. The van der Waals surface area contributed by atoms with E-state index in [2.05, 4.69) is 15.3 Å². The van der Waals surface area contributed by atoms with Gasteiger partial charge in [0.1, 0.15) is 0 Å². The molecular formula is C9H10N4OS2. The van der Waals surface area contributed by atoms with Gasteiger partial charge in [0.2, 0.25) is 0 Å². The second-order valence-corrected chi connectivity index (χ2v) is 4.87. The van der Waals surface area contributed by atoms with Crippen molar-refractivity contribution >= 4 is 28.7 Å². The lowest BCUT2D eigenvalue weighted by Gasteiger charge is -1.95. The predicted octanol–water partition coefficient (Wildman–Crippen LogP) is 1.74. The van der Waals surface area contributed by atoms with Gasteiger partial charge in [0.05, 0.1) is 12.2 Å². The third kappa shape index (κ3) is 2.56. The van der Waals surface area contributed by atoms with Crippen LogP contribution in [0.5, 0.6) is 0 Å². The number of hydrogen-bond acceptors (Lipinski definition) is 5. The number of carbonyl (C=O) groups excluding carboxylic acids is 1. The maximum Gasteiger partial charge on any atom is 0.312 e. The summed E-state index contributed by atoms with van der Waals surface area (Å²) < 4.78 is 0. The number of nitrogens with two attached hydrogens (primary N) is 1. The molecule has 0 aliphatic carbocycles. The molecule has 0 aromatic carbocycles. The highest BCUT2D eigenvalue weighted by molar-refractivity contribution is 7.19. The van der Waals surface area contributed by atoms with Crippen LogP contribution in [0.4, 0.5) is 4.79 Å². The van der Waals surface area contributed by atoms with Crippen LogP contribution in [-0.2, 0) is 6.54 Å². The highest BCUT2D eigenvalue weighted by atomic mass is 32.1. The second-order valence-electron chi connectivity index (χ2n) is 3.16. The van der Waals surface area contributed by atoms with Crippen molar-refractivity contribution in [2.24, 2.45) is 5.73 Å². The summed E-state index contributed by atoms with van der Waals surface area (Å²) in [5.41, 5.74) is 6.77. The Morgan fingerprint density at radius 2 is 2.06 bits per heavy atom. The Balaban J connectivity index is 2.10. The monoisotopic (exact) mass is 254 g/mol. The molecule has 0 radical (unpaired) electrons. The molecule has 16 heavy (non-hydrogen) atoms. The van der Waals surface area contributed by atoms with Crippen molar-refractivity contribution < 1.29 is 4.79 Å². The van der Waals surface area contributed by atoms with Gasteiger partial charge >= 0.3 is 6.03 Å². The summed E-state index contributed by atoms with van der Waals surface area (Å²) in [7, 11) is 0. The maximum atomic E-state index is 10.5. The first-order valence-corrected chi connectivity index (χ1v) is 6.31. The standard InChI is InChI=1S/C9H10N4OS2/c1-5-3-15-7(12-5)8-13-6(4-16-8)2-11-9(10)14/h3-4H,2H2,1H3,(H3,10,11,14). The first-order valence-electron chi connectivity index (χ1n) is 4.55. The van der Waals surface area contributed by atoms with Crippen molar-refractivity contribution in [3.05, 3.63) is 22.1 Å². The zero-order chi connectivity index (χ0) is 11.5. The van der Waals surface area contributed by atoms with Crippen molar-refractivity contribution in [3.63, 3.8) is 0 Å². The Morgan fingerprint density at radius 3 is 2.69 bits per heavy atom. The SMILES string of the molecule is Cc1csc(-c2nc(CNC(N)=O)cs2)n1. The quantitative estimate of drug-likeness (QED) is 0.875. The largest absolute Gasteiger partial charge is 0.352 e. The molecule has 0 saturated carbocycles. The minimum absolute atomic E-state index is 0.357. The van der Waals surface area contributed by atoms with Crippen LogP contribution in [0.25, 0.3) is 10.0 Å². The van der Waals surface area contributed by atoms with Crippen LogP contribution in [0.2, 0.25) is 0 Å². The van der Waals surface area contributed by atoms with Crippen LogP contribution in [0, 0.1) is 6.92 Å².